The minimum Gasteiger partial charge on any atom is -0.489 e. The van der Waals surface area contributed by atoms with E-state index in [9.17, 15) is 14.7 Å². The Morgan fingerprint density at radius 1 is 0.863 bits per heavy atom. The number of benzene rings is 4. The molecule has 0 heterocycles. The van der Waals surface area contributed by atoms with E-state index >= 15 is 4.39 Å². The van der Waals surface area contributed by atoms with Gasteiger partial charge in [0.1, 0.15) is 30.3 Å². The number of carbonyl (C=O) groups is 2. The van der Waals surface area contributed by atoms with Crippen molar-refractivity contribution in [2.75, 3.05) is 20.8 Å². The molecular formula is C40H50ClFN2O6Si. The summed E-state index contributed by atoms with van der Waals surface area (Å²) < 4.78 is 32.2. The molecule has 274 valence electrons. The van der Waals surface area contributed by atoms with Crippen molar-refractivity contribution in [3.05, 3.63) is 125 Å². The number of aliphatic carboxylic acids is 1. The summed E-state index contributed by atoms with van der Waals surface area (Å²) in [4.78, 5) is 26.6. The molecule has 0 aliphatic heterocycles. The highest BCUT2D eigenvalue weighted by Gasteiger charge is 2.42. The van der Waals surface area contributed by atoms with Gasteiger partial charge in [-0.1, -0.05) is 98.5 Å². The summed E-state index contributed by atoms with van der Waals surface area (Å²) in [6, 6.07) is 30.0. The number of halogens is 2. The van der Waals surface area contributed by atoms with Crippen molar-refractivity contribution < 1.29 is 33.3 Å². The monoisotopic (exact) mass is 736 g/mol. The molecule has 0 saturated heterocycles. The molecule has 0 aromatic heterocycles. The zero-order valence-electron chi connectivity index (χ0n) is 30.0. The van der Waals surface area contributed by atoms with Gasteiger partial charge in [-0.15, -0.1) is 12.4 Å². The van der Waals surface area contributed by atoms with Gasteiger partial charge >= 0.3 is 12.1 Å². The summed E-state index contributed by atoms with van der Waals surface area (Å²) >= 11 is 0. The van der Waals surface area contributed by atoms with Gasteiger partial charge in [0.2, 0.25) is 0 Å². The van der Waals surface area contributed by atoms with Crippen LogP contribution in [0.25, 0.3) is 11.1 Å². The number of carboxylic acids is 1. The molecule has 0 fully saturated rings. The van der Waals surface area contributed by atoms with Gasteiger partial charge in [-0.05, 0) is 77.5 Å². The lowest BCUT2D eigenvalue weighted by Gasteiger charge is -2.33. The average molecular weight is 737 g/mol. The topological polar surface area (TPSA) is 106 Å². The van der Waals surface area contributed by atoms with Gasteiger partial charge < -0.3 is 30.0 Å². The average Bonchev–Trinajstić information content (AvgIpc) is 3.10. The Kier molecular flexibility index (Phi) is 15.7. The Bertz CT molecular complexity index is 1710. The maximum absolute atomic E-state index is 15.0. The quantitative estimate of drug-likeness (QED) is 0.0883. The first-order valence-electron chi connectivity index (χ1n) is 16.9. The summed E-state index contributed by atoms with van der Waals surface area (Å²) in [5.74, 6) is -0.983. The SMILES string of the molecule is CN[C@H](COC)Cc1cc(-c2ccc(OCc3ccccc3)c(C[C@@](CC[Si](C)(C)C)(NC(=O)OCc3ccccc3)C(=O)O)c2)ccc1F.Cl. The lowest BCUT2D eigenvalue weighted by molar-refractivity contribution is -0.144. The number of amides is 1. The van der Waals surface area contributed by atoms with Crippen LogP contribution < -0.4 is 15.4 Å². The van der Waals surface area contributed by atoms with Gasteiger partial charge in [-0.25, -0.2) is 14.0 Å². The number of likely N-dealkylation sites (N-methyl/N-ethyl adjacent to an activating group) is 1. The van der Waals surface area contributed by atoms with E-state index < -0.39 is 25.7 Å². The molecule has 1 amide bonds. The second-order valence-corrected chi connectivity index (χ2v) is 19.5. The third kappa shape index (κ3) is 12.5. The van der Waals surface area contributed by atoms with Crippen LogP contribution in [0, 0.1) is 5.82 Å². The predicted octanol–water partition coefficient (Wildman–Crippen LogP) is 8.29. The van der Waals surface area contributed by atoms with Gasteiger partial charge in [0.25, 0.3) is 0 Å². The van der Waals surface area contributed by atoms with Crippen LogP contribution in [0.3, 0.4) is 0 Å². The summed E-state index contributed by atoms with van der Waals surface area (Å²) in [6.45, 7) is 7.19. The third-order valence-corrected chi connectivity index (χ3v) is 10.4. The molecule has 4 rings (SSSR count). The molecule has 0 aliphatic rings. The highest BCUT2D eigenvalue weighted by molar-refractivity contribution is 6.76. The number of nitrogens with one attached hydrogen (secondary N) is 2. The smallest absolute Gasteiger partial charge is 0.408 e. The van der Waals surface area contributed by atoms with E-state index in [4.69, 9.17) is 14.2 Å². The number of hydrogen-bond acceptors (Lipinski definition) is 6. The number of carbonyl (C=O) groups excluding carboxylic acids is 1. The first kappa shape index (κ1) is 41.2. The van der Waals surface area contributed by atoms with E-state index in [0.29, 0.717) is 35.9 Å². The van der Waals surface area contributed by atoms with E-state index in [1.54, 1.807) is 13.2 Å². The van der Waals surface area contributed by atoms with Crippen molar-refractivity contribution in [1.82, 2.24) is 10.6 Å². The zero-order valence-corrected chi connectivity index (χ0v) is 31.9. The standard InChI is InChI=1S/C40H49FN2O6Si.ClH/c1-42-35(28-47-2)24-33-22-31(16-18-36(33)41)32-17-19-37(48-26-29-12-8-6-9-13-29)34(23-32)25-40(38(44)45,20-21-50(3,4)5)43-39(46)49-27-30-14-10-7-11-15-30;/h6-19,22-23,35,42H,20-21,24-28H2,1-5H3,(H,43,46)(H,44,45);1H/t35-,40+;/m0./s1. The van der Waals surface area contributed by atoms with Crippen molar-refractivity contribution in [3.8, 4) is 16.9 Å². The van der Waals surface area contributed by atoms with Crippen molar-refractivity contribution in [3.63, 3.8) is 0 Å². The highest BCUT2D eigenvalue weighted by Crippen LogP contribution is 2.34. The Balaban J connectivity index is 0.00000702. The van der Waals surface area contributed by atoms with Crippen LogP contribution in [-0.2, 0) is 40.3 Å². The van der Waals surface area contributed by atoms with Crippen LogP contribution in [-0.4, -0.2) is 57.6 Å². The maximum Gasteiger partial charge on any atom is 0.408 e. The molecule has 2 atom stereocenters. The fraction of sp³-hybridized carbons (Fsp3) is 0.350. The molecule has 11 heteroatoms. The lowest BCUT2D eigenvalue weighted by Crippen LogP contribution is -2.57. The van der Waals surface area contributed by atoms with Crippen LogP contribution in [0.15, 0.2) is 97.1 Å². The Labute approximate surface area is 308 Å². The molecule has 0 bridgehead atoms. The highest BCUT2D eigenvalue weighted by atomic mass is 35.5. The third-order valence-electron chi connectivity index (χ3n) is 8.68. The van der Waals surface area contributed by atoms with E-state index in [2.05, 4.69) is 30.3 Å². The minimum atomic E-state index is -1.76. The Morgan fingerprint density at radius 2 is 1.45 bits per heavy atom. The summed E-state index contributed by atoms with van der Waals surface area (Å²) in [7, 11) is 1.66. The molecule has 0 spiro atoms. The minimum absolute atomic E-state index is 0. The van der Waals surface area contributed by atoms with E-state index in [1.807, 2.05) is 92.0 Å². The first-order valence-corrected chi connectivity index (χ1v) is 20.6. The number of alkyl carbamates (subject to hydrolysis) is 1. The van der Waals surface area contributed by atoms with Crippen molar-refractivity contribution in [2.24, 2.45) is 0 Å². The molecule has 8 nitrogen and oxygen atoms in total. The van der Waals surface area contributed by atoms with Crippen LogP contribution in [0.4, 0.5) is 9.18 Å². The van der Waals surface area contributed by atoms with Crippen LogP contribution >= 0.6 is 12.4 Å². The molecule has 0 saturated carbocycles. The van der Waals surface area contributed by atoms with Crippen LogP contribution in [0.2, 0.25) is 25.7 Å². The maximum atomic E-state index is 15.0. The van der Waals surface area contributed by atoms with Crippen molar-refractivity contribution >= 4 is 32.5 Å². The molecule has 0 radical (unpaired) electrons. The van der Waals surface area contributed by atoms with Gasteiger partial charge in [-0.2, -0.15) is 0 Å². The van der Waals surface area contributed by atoms with Crippen molar-refractivity contribution in [2.45, 2.75) is 69.7 Å². The number of carboxylic acid groups (broad SMARTS) is 1. The first-order chi connectivity index (χ1) is 23.9. The van der Waals surface area contributed by atoms with Gasteiger partial charge in [0.15, 0.2) is 0 Å². The summed E-state index contributed by atoms with van der Waals surface area (Å²) in [5.41, 5.74) is 2.70. The summed E-state index contributed by atoms with van der Waals surface area (Å²) in [5, 5.41) is 16.8. The summed E-state index contributed by atoms with van der Waals surface area (Å²) in [6.07, 6.45) is -0.252. The van der Waals surface area contributed by atoms with Crippen LogP contribution in [0.1, 0.15) is 28.7 Å². The molecule has 3 N–H and O–H groups in total. The van der Waals surface area contributed by atoms with E-state index in [-0.39, 0.29) is 50.3 Å². The Morgan fingerprint density at radius 3 is 2.02 bits per heavy atom. The van der Waals surface area contributed by atoms with E-state index in [0.717, 1.165) is 22.3 Å². The number of ether oxygens (including phenoxy) is 3. The second kappa shape index (κ2) is 19.4. The largest absolute Gasteiger partial charge is 0.489 e. The van der Waals surface area contributed by atoms with Crippen LogP contribution in [0.5, 0.6) is 5.75 Å². The van der Waals surface area contributed by atoms with Crippen molar-refractivity contribution in [1.29, 1.82) is 0 Å². The lowest BCUT2D eigenvalue weighted by atomic mass is 9.86. The molecule has 0 unspecified atom stereocenters. The molecule has 51 heavy (non-hydrogen) atoms. The molecule has 4 aromatic carbocycles. The zero-order chi connectivity index (χ0) is 36.1. The van der Waals surface area contributed by atoms with Gasteiger partial charge in [0, 0.05) is 27.6 Å². The second-order valence-electron chi connectivity index (χ2n) is 13.9. The molecule has 4 aromatic rings. The number of hydrogen-bond donors (Lipinski definition) is 3. The molecular weight excluding hydrogens is 687 g/mol. The fourth-order valence-corrected chi connectivity index (χ4v) is 6.87. The van der Waals surface area contributed by atoms with E-state index in [1.165, 1.54) is 6.07 Å². The molecule has 0 aliphatic carbocycles. The normalized spacial score (nSPS) is 13.0. The fourth-order valence-electron chi connectivity index (χ4n) is 5.69. The number of methoxy groups -OCH3 is 1. The predicted molar refractivity (Wildman–Crippen MR) is 205 cm³/mol. The number of rotatable bonds is 18. The Hall–Kier alpha value is -4.22. The van der Waals surface area contributed by atoms with Gasteiger partial charge in [-0.3, -0.25) is 0 Å². The van der Waals surface area contributed by atoms with Gasteiger partial charge in [0.05, 0.1) is 6.61 Å².